The smallest absolute Gasteiger partial charge is 0.179 e. The van der Waals surface area contributed by atoms with Gasteiger partial charge in [-0.25, -0.2) is 0 Å². The first-order valence-corrected chi connectivity index (χ1v) is 41.4. The zero-order valence-corrected chi connectivity index (χ0v) is 62.9. The van der Waals surface area contributed by atoms with Crippen molar-refractivity contribution in [1.82, 2.24) is 22.8 Å². The summed E-state index contributed by atoms with van der Waals surface area (Å²) in [7, 11) is -7.98. The van der Waals surface area contributed by atoms with E-state index < -0.39 is 165 Å². The molecule has 0 fully saturated rings. The summed E-state index contributed by atoms with van der Waals surface area (Å²) in [5.74, 6) is 0. The third kappa shape index (κ3) is 10.7. The molecule has 0 spiro atoms. The average Bonchev–Trinajstić information content (AvgIpc) is 1.60. The largest absolute Gasteiger partial charge is 0.309 e. The quantitative estimate of drug-likeness (QED) is 0.0812. The molecule has 5 nitrogen and oxygen atoms in total. The molecule has 115 heavy (non-hydrogen) atoms. The van der Waals surface area contributed by atoms with E-state index in [1.807, 2.05) is 88.0 Å². The first-order chi connectivity index (χ1) is 68.7. The van der Waals surface area contributed by atoms with Gasteiger partial charge in [-0.15, -0.1) is 0 Å². The van der Waals surface area contributed by atoms with Gasteiger partial charge in [-0.05, 0) is 163 Å². The second-order valence-corrected chi connectivity index (χ2v) is 35.5. The number of hydrogen-bond donors (Lipinski definition) is 0. The van der Waals surface area contributed by atoms with Gasteiger partial charge in [0.25, 0.3) is 0 Å². The topological polar surface area (TPSA) is 24.6 Å². The molecule has 0 radical (unpaired) electrons. The molecule has 23 rings (SSSR count). The fourth-order valence-corrected chi connectivity index (χ4v) is 26.4. The zero-order chi connectivity index (χ0) is 100. The van der Waals surface area contributed by atoms with Crippen LogP contribution in [0.2, 0.25) is 0 Å². The van der Waals surface area contributed by atoms with Crippen LogP contribution in [0, 0.1) is 0 Å². The predicted molar refractivity (Wildman–Crippen MR) is 492 cm³/mol. The molecule has 0 saturated carbocycles. The van der Waals surface area contributed by atoms with Crippen LogP contribution in [0.4, 0.5) is 0 Å². The molecule has 5 heterocycles. The van der Waals surface area contributed by atoms with E-state index in [0.717, 1.165) is 75.6 Å². The van der Waals surface area contributed by atoms with E-state index in [4.69, 9.17) is 21.9 Å². The van der Waals surface area contributed by atoms with Crippen LogP contribution >= 0.6 is 0 Å². The van der Waals surface area contributed by atoms with Crippen molar-refractivity contribution in [2.24, 2.45) is 0 Å². The van der Waals surface area contributed by atoms with Crippen LogP contribution in [0.3, 0.4) is 0 Å². The van der Waals surface area contributed by atoms with Crippen LogP contribution in [-0.4, -0.2) is 39.0 Å². The Morgan fingerprint density at radius 2 is 0.470 bits per heavy atom. The molecule has 23 aromatic rings. The van der Waals surface area contributed by atoms with Gasteiger partial charge in [0.1, 0.15) is 0 Å². The molecular formula is C108H75N5Si2. The highest BCUT2D eigenvalue weighted by Gasteiger charge is 2.44. The van der Waals surface area contributed by atoms with Gasteiger partial charge in [-0.1, -0.05) is 333 Å². The lowest BCUT2D eigenvalue weighted by Gasteiger charge is -2.35. The van der Waals surface area contributed by atoms with Gasteiger partial charge in [-0.2, -0.15) is 0 Å². The maximum Gasteiger partial charge on any atom is 0.179 e. The van der Waals surface area contributed by atoms with Gasteiger partial charge in [0.15, 0.2) is 16.1 Å². The molecule has 540 valence electrons. The van der Waals surface area contributed by atoms with E-state index in [1.54, 1.807) is 84.9 Å². The second kappa shape index (κ2) is 27.7. The van der Waals surface area contributed by atoms with E-state index in [9.17, 15) is 16.4 Å². The molecule has 0 aliphatic heterocycles. The first kappa shape index (κ1) is 44.4. The molecule has 18 aromatic carbocycles. The van der Waals surface area contributed by atoms with Gasteiger partial charge in [0.05, 0.1) is 93.5 Å². The van der Waals surface area contributed by atoms with Crippen molar-refractivity contribution < 1.29 is 38.4 Å². The molecule has 0 unspecified atom stereocenters. The van der Waals surface area contributed by atoms with Crippen LogP contribution in [0.25, 0.3) is 137 Å². The predicted octanol–water partition coefficient (Wildman–Crippen LogP) is 21.6. The molecule has 0 aliphatic rings. The normalized spacial score (nSPS) is 15.4. The molecule has 0 atom stereocenters. The Morgan fingerprint density at radius 3 is 0.922 bits per heavy atom. The summed E-state index contributed by atoms with van der Waals surface area (Å²) in [6.07, 6.45) is 0. The van der Waals surface area contributed by atoms with Crippen molar-refractivity contribution >= 4 is 167 Å². The number of para-hydroxylation sites is 8. The minimum Gasteiger partial charge on any atom is -0.309 e. The van der Waals surface area contributed by atoms with Crippen molar-refractivity contribution in [3.63, 3.8) is 0 Å². The van der Waals surface area contributed by atoms with Gasteiger partial charge < -0.3 is 22.8 Å². The molecule has 5 aromatic heterocycles. The third-order valence-electron chi connectivity index (χ3n) is 22.2. The lowest BCUT2D eigenvalue weighted by Crippen LogP contribution is -2.74. The Bertz CT molecular complexity index is 9370. The molecule has 0 amide bonds. The van der Waals surface area contributed by atoms with Gasteiger partial charge in [-0.3, -0.25) is 0 Å². The van der Waals surface area contributed by atoms with Crippen LogP contribution in [0.1, 0.15) is 38.4 Å². The summed E-state index contributed by atoms with van der Waals surface area (Å²) in [5, 5.41) is 8.68. The van der Waals surface area contributed by atoms with Crippen molar-refractivity contribution in [1.29, 1.82) is 0 Å². The molecule has 0 bridgehead atoms. The third-order valence-corrected chi connectivity index (χ3v) is 31.3. The Labute approximate surface area is 707 Å². The van der Waals surface area contributed by atoms with Crippen LogP contribution in [-0.2, 0) is 0 Å². The maximum atomic E-state index is 10.4. The SMILES string of the molecule is [2H]c1c([2H])c([2H])c([Si](c2ccccc2)(c2ccccc2)c2c([2H])c([2H])c([2H])c(-n3c4c([2H])c([2H])c([2H])c([2H])c4c4c([2H])c(-n5c6ccccc6c6c([2H])c([2H])c([2H])c([2H])c65)c([2H])c([2H])c43)c2[2H])c([2H])c1[2H].[2H]c1c([2H])c([2H])c2c(c1[2H])c1ccccc1n2-c1cccc([Si](c2ccccc2)(c2ccccc2)c2cccc(-n3c4ccccc4c4cc(-n5c6ccccc6c6c([2H])c([2H])c([2H])c([2H])c65)ccc43)c2)c1. The van der Waals surface area contributed by atoms with Crippen molar-refractivity contribution in [2.75, 3.05) is 0 Å². The van der Waals surface area contributed by atoms with E-state index in [2.05, 4.69) is 126 Å². The number of hydrogen-bond acceptors (Lipinski definition) is 0. The van der Waals surface area contributed by atoms with E-state index in [1.165, 1.54) is 14.9 Å². The number of benzene rings is 18. The number of aromatic nitrogens is 5. The Kier molecular flexibility index (Phi) is 10.7. The Morgan fingerprint density at radius 1 is 0.157 bits per heavy atom. The van der Waals surface area contributed by atoms with Crippen LogP contribution < -0.4 is 41.5 Å². The highest BCUT2D eigenvalue weighted by molar-refractivity contribution is 7.20. The first-order valence-electron chi connectivity index (χ1n) is 51.4. The second-order valence-electron chi connectivity index (χ2n) is 28.1. The fourth-order valence-electron chi connectivity index (χ4n) is 17.4. The lowest BCUT2D eigenvalue weighted by atomic mass is 10.1. The maximum absolute atomic E-state index is 10.4. The molecule has 0 saturated heterocycles. The summed E-state index contributed by atoms with van der Waals surface area (Å²) in [5.41, 5.74) is 5.08. The monoisotopic (exact) mass is 1530 g/mol. The van der Waals surface area contributed by atoms with E-state index >= 15 is 0 Å². The minimum atomic E-state index is -4.72. The van der Waals surface area contributed by atoms with Gasteiger partial charge in [0, 0.05) is 82.3 Å². The number of fused-ring (bicyclic) bond motifs is 15. The Balaban J connectivity index is 0.000000164. The zero-order valence-electron chi connectivity index (χ0n) is 88.9. The highest BCUT2D eigenvalue weighted by Crippen LogP contribution is 2.41. The summed E-state index contributed by atoms with van der Waals surface area (Å²) < 4.78 is 265. The number of rotatable bonds is 13. The van der Waals surface area contributed by atoms with E-state index in [0.29, 0.717) is 37.6 Å². The molecule has 0 N–H and O–H groups in total. The Hall–Kier alpha value is -14.6. The lowest BCUT2D eigenvalue weighted by molar-refractivity contribution is 1.17. The number of nitrogens with zero attached hydrogens (tertiary/aromatic N) is 5. The molecule has 7 heteroatoms. The van der Waals surface area contributed by atoms with E-state index in [-0.39, 0.29) is 80.5 Å². The minimum absolute atomic E-state index is 0.0497. The standard InChI is InChI=1S/C60H41N3Si.C48H34N2Si/c1-3-21-45(22-4-1)64(46-23-5-2-6-24-46,47-25-17-19-42(39-47)61-55-32-12-7-27-49(55)50-28-8-13-33-56(50)61)48-26-18-20-43(40-48)62-59-36-16-11-31-53(59)54-41-44(37-38-60(54)62)63-57-34-14-9-29-51(57)52-30-10-15-35-58(52)63;1-4-18-37(19-5-1)51(38-20-6-2-7-21-38,39-22-8-3-9-23-39)40-24-16-17-35(33-40)49-47-30-15-12-27-43(47)44-34-36(31-32-48(44)49)50-45-28-13-10-25-41(45)42-26-11-14-29-46(42)50/h1-41H;1-34H/i7D,9D,12D,14D,27D,29D,32D,34D;1D,4D,5D,10D,12D,13D,15D,16D,17D,18D,19D,24D,25D,27D,28D,30D,31D,32D,33D,34D. The molecular weight excluding hydrogens is 1420 g/mol. The van der Waals surface area contributed by atoms with Crippen LogP contribution in [0.15, 0.2) is 454 Å². The molecule has 0 aliphatic carbocycles. The fraction of sp³-hybridized carbons (Fsp3) is 0. The summed E-state index contributed by atoms with van der Waals surface area (Å²) in [6.45, 7) is 0. The van der Waals surface area contributed by atoms with Crippen LogP contribution in [0.5, 0.6) is 0 Å². The van der Waals surface area contributed by atoms with Gasteiger partial charge in [0.2, 0.25) is 0 Å². The average molecular weight is 1530 g/mol. The van der Waals surface area contributed by atoms with Crippen molar-refractivity contribution in [2.45, 2.75) is 0 Å². The van der Waals surface area contributed by atoms with Crippen molar-refractivity contribution in [3.8, 4) is 28.4 Å². The van der Waals surface area contributed by atoms with Crippen molar-refractivity contribution in [3.05, 3.63) is 454 Å². The summed E-state index contributed by atoms with van der Waals surface area (Å²) >= 11 is 0. The highest BCUT2D eigenvalue weighted by atomic mass is 28.3. The summed E-state index contributed by atoms with van der Waals surface area (Å²) in [4.78, 5) is 0. The summed E-state index contributed by atoms with van der Waals surface area (Å²) in [6, 6.07) is 76.5. The van der Waals surface area contributed by atoms with Gasteiger partial charge >= 0.3 is 0 Å².